The average molecular weight is 339 g/mol. The molecule has 0 radical (unpaired) electrons. The first-order valence-corrected chi connectivity index (χ1v) is 9.41. The zero-order valence-electron chi connectivity index (χ0n) is 13.6. The number of aliphatic hydroxyl groups is 1. The number of aromatic nitrogens is 2. The third kappa shape index (κ3) is 2.89. The fourth-order valence-electron chi connectivity index (χ4n) is 3.29. The van der Waals surface area contributed by atoms with Gasteiger partial charge in [0.15, 0.2) is 5.82 Å². The van der Waals surface area contributed by atoms with E-state index in [0.717, 1.165) is 47.8 Å². The zero-order valence-corrected chi connectivity index (χ0v) is 14.4. The molecule has 0 bridgehead atoms. The first-order chi connectivity index (χ1) is 11.9. The molecule has 1 aliphatic carbocycles. The Balaban J connectivity index is 1.85. The summed E-state index contributed by atoms with van der Waals surface area (Å²) >= 11 is 1.82. The molecule has 0 spiro atoms. The average Bonchev–Trinajstić information content (AvgIpc) is 3.01. The number of aliphatic hydroxyl groups excluding tert-OH is 1. The second-order valence-electron chi connectivity index (χ2n) is 6.16. The minimum absolute atomic E-state index is 0.189. The number of aryl methyl sites for hydroxylation is 2. The third-order valence-electron chi connectivity index (χ3n) is 4.47. The van der Waals surface area contributed by atoms with Crippen LogP contribution in [0.3, 0.4) is 0 Å². The summed E-state index contributed by atoms with van der Waals surface area (Å²) < 4.78 is 0. The van der Waals surface area contributed by atoms with Crippen LogP contribution in [0.2, 0.25) is 0 Å². The minimum atomic E-state index is 0.189. The van der Waals surface area contributed by atoms with Gasteiger partial charge in [-0.05, 0) is 37.7 Å². The Hall–Kier alpha value is -1.98. The van der Waals surface area contributed by atoms with Crippen LogP contribution < -0.4 is 5.32 Å². The second kappa shape index (κ2) is 6.87. The van der Waals surface area contributed by atoms with Crippen molar-refractivity contribution >= 4 is 27.4 Å². The molecule has 0 fully saturated rings. The maximum absolute atomic E-state index is 9.07. The van der Waals surface area contributed by atoms with Crippen molar-refractivity contribution in [3.63, 3.8) is 0 Å². The maximum Gasteiger partial charge on any atom is 0.163 e. The monoisotopic (exact) mass is 339 g/mol. The number of anilines is 1. The van der Waals surface area contributed by atoms with Gasteiger partial charge in [-0.3, -0.25) is 0 Å². The van der Waals surface area contributed by atoms with E-state index >= 15 is 0 Å². The molecule has 1 aliphatic rings. The summed E-state index contributed by atoms with van der Waals surface area (Å²) in [4.78, 5) is 12.2. The molecule has 5 heteroatoms. The Kier molecular flexibility index (Phi) is 4.45. The van der Waals surface area contributed by atoms with Crippen LogP contribution in [0, 0.1) is 0 Å². The normalized spacial score (nSPS) is 13.9. The zero-order chi connectivity index (χ0) is 16.4. The van der Waals surface area contributed by atoms with Crippen molar-refractivity contribution in [3.8, 4) is 11.4 Å². The van der Waals surface area contributed by atoms with E-state index in [2.05, 4.69) is 5.32 Å². The second-order valence-corrected chi connectivity index (χ2v) is 7.24. The number of hydrogen-bond donors (Lipinski definition) is 2. The summed E-state index contributed by atoms with van der Waals surface area (Å²) in [6, 6.07) is 10.1. The van der Waals surface area contributed by atoms with Crippen LogP contribution in [-0.4, -0.2) is 28.2 Å². The van der Waals surface area contributed by atoms with Crippen molar-refractivity contribution in [2.75, 3.05) is 18.5 Å². The Morgan fingerprint density at radius 3 is 2.75 bits per heavy atom. The van der Waals surface area contributed by atoms with E-state index in [1.165, 1.54) is 28.7 Å². The van der Waals surface area contributed by atoms with Gasteiger partial charge in [0.2, 0.25) is 0 Å². The van der Waals surface area contributed by atoms with Crippen LogP contribution in [0.15, 0.2) is 30.3 Å². The van der Waals surface area contributed by atoms with Gasteiger partial charge in [-0.15, -0.1) is 11.3 Å². The highest BCUT2D eigenvalue weighted by atomic mass is 32.1. The smallest absolute Gasteiger partial charge is 0.163 e. The summed E-state index contributed by atoms with van der Waals surface area (Å²) in [7, 11) is 0. The van der Waals surface area contributed by atoms with Gasteiger partial charge >= 0.3 is 0 Å². The van der Waals surface area contributed by atoms with Gasteiger partial charge in [0.25, 0.3) is 0 Å². The summed E-state index contributed by atoms with van der Waals surface area (Å²) in [5.74, 6) is 1.69. The number of hydrogen-bond acceptors (Lipinski definition) is 5. The SMILES string of the molecule is OCCCNc1nc(-c2ccccc2)nc2sc3c(c12)CCCC3. The highest BCUT2D eigenvalue weighted by Crippen LogP contribution is 2.39. The molecule has 24 heavy (non-hydrogen) atoms. The van der Waals surface area contributed by atoms with Crippen molar-refractivity contribution in [1.82, 2.24) is 9.97 Å². The molecule has 0 unspecified atom stereocenters. The summed E-state index contributed by atoms with van der Waals surface area (Å²) in [5, 5.41) is 13.7. The van der Waals surface area contributed by atoms with Crippen LogP contribution in [0.4, 0.5) is 5.82 Å². The predicted molar refractivity (Wildman–Crippen MR) is 99.7 cm³/mol. The molecular formula is C19H21N3OS. The number of benzene rings is 1. The molecule has 0 saturated heterocycles. The van der Waals surface area contributed by atoms with Crippen molar-refractivity contribution in [3.05, 3.63) is 40.8 Å². The summed E-state index contributed by atoms with van der Waals surface area (Å²) in [6.07, 6.45) is 5.52. The molecule has 0 saturated carbocycles. The van der Waals surface area contributed by atoms with Crippen LogP contribution >= 0.6 is 11.3 Å². The van der Waals surface area contributed by atoms with Gasteiger partial charge in [-0.1, -0.05) is 30.3 Å². The molecule has 2 N–H and O–H groups in total. The predicted octanol–water partition coefficient (Wildman–Crippen LogP) is 4.03. The number of thiophene rings is 1. The van der Waals surface area contributed by atoms with Crippen molar-refractivity contribution in [2.45, 2.75) is 32.1 Å². The molecule has 0 aliphatic heterocycles. The molecule has 0 atom stereocenters. The number of nitrogens with one attached hydrogen (secondary N) is 1. The van der Waals surface area contributed by atoms with E-state index in [0.29, 0.717) is 0 Å². The van der Waals surface area contributed by atoms with E-state index in [1.54, 1.807) is 0 Å². The number of nitrogens with zero attached hydrogens (tertiary/aromatic N) is 2. The molecular weight excluding hydrogens is 318 g/mol. The van der Waals surface area contributed by atoms with Gasteiger partial charge in [0.1, 0.15) is 10.6 Å². The Morgan fingerprint density at radius 2 is 1.92 bits per heavy atom. The van der Waals surface area contributed by atoms with Crippen molar-refractivity contribution < 1.29 is 5.11 Å². The maximum atomic E-state index is 9.07. The van der Waals surface area contributed by atoms with Gasteiger partial charge in [-0.25, -0.2) is 9.97 Å². The lowest BCUT2D eigenvalue weighted by molar-refractivity contribution is 0.292. The molecule has 2 heterocycles. The highest BCUT2D eigenvalue weighted by molar-refractivity contribution is 7.19. The molecule has 0 amide bonds. The molecule has 3 aromatic rings. The molecule has 4 nitrogen and oxygen atoms in total. The van der Waals surface area contributed by atoms with Crippen LogP contribution in [0.5, 0.6) is 0 Å². The van der Waals surface area contributed by atoms with Gasteiger partial charge < -0.3 is 10.4 Å². The Labute approximate surface area is 145 Å². The molecule has 1 aromatic carbocycles. The largest absolute Gasteiger partial charge is 0.396 e. The number of fused-ring (bicyclic) bond motifs is 3. The van der Waals surface area contributed by atoms with E-state index in [4.69, 9.17) is 15.1 Å². The van der Waals surface area contributed by atoms with E-state index in [-0.39, 0.29) is 6.61 Å². The lowest BCUT2D eigenvalue weighted by atomic mass is 9.97. The highest BCUT2D eigenvalue weighted by Gasteiger charge is 2.21. The standard InChI is InChI=1S/C19H21N3OS/c23-12-6-11-20-18-16-14-9-4-5-10-15(14)24-19(16)22-17(21-18)13-7-2-1-3-8-13/h1-3,7-8,23H,4-6,9-12H2,(H,20,21,22). The topological polar surface area (TPSA) is 58.0 Å². The van der Waals surface area contributed by atoms with E-state index in [1.807, 2.05) is 41.7 Å². The summed E-state index contributed by atoms with van der Waals surface area (Å²) in [5.41, 5.74) is 2.48. The summed E-state index contributed by atoms with van der Waals surface area (Å²) in [6.45, 7) is 0.913. The van der Waals surface area contributed by atoms with Crippen LogP contribution in [0.25, 0.3) is 21.6 Å². The lowest BCUT2D eigenvalue weighted by Crippen LogP contribution is -2.08. The van der Waals surface area contributed by atoms with Gasteiger partial charge in [-0.2, -0.15) is 0 Å². The molecule has 124 valence electrons. The quantitative estimate of drug-likeness (QED) is 0.689. The molecule has 2 aromatic heterocycles. The fourth-order valence-corrected chi connectivity index (χ4v) is 4.55. The number of rotatable bonds is 5. The van der Waals surface area contributed by atoms with E-state index < -0.39 is 0 Å². The van der Waals surface area contributed by atoms with Crippen molar-refractivity contribution in [2.24, 2.45) is 0 Å². The van der Waals surface area contributed by atoms with Gasteiger partial charge in [0.05, 0.1) is 5.39 Å². The van der Waals surface area contributed by atoms with Crippen molar-refractivity contribution in [1.29, 1.82) is 0 Å². The van der Waals surface area contributed by atoms with Crippen LogP contribution in [-0.2, 0) is 12.8 Å². The van der Waals surface area contributed by atoms with E-state index in [9.17, 15) is 0 Å². The van der Waals surface area contributed by atoms with Gasteiger partial charge in [0, 0.05) is 23.6 Å². The Bertz CT molecular complexity index is 845. The first-order valence-electron chi connectivity index (χ1n) is 8.59. The molecule has 4 rings (SSSR count). The van der Waals surface area contributed by atoms with Crippen LogP contribution in [0.1, 0.15) is 29.7 Å². The fraction of sp³-hybridized carbons (Fsp3) is 0.368. The first kappa shape index (κ1) is 15.5. The lowest BCUT2D eigenvalue weighted by Gasteiger charge is -2.13. The Morgan fingerprint density at radius 1 is 1.08 bits per heavy atom. The third-order valence-corrected chi connectivity index (χ3v) is 5.66. The minimum Gasteiger partial charge on any atom is -0.396 e.